The number of nitriles is 1. The highest BCUT2D eigenvalue weighted by Gasteiger charge is 2.27. The van der Waals surface area contributed by atoms with Crippen molar-refractivity contribution in [2.24, 2.45) is 13.0 Å². The van der Waals surface area contributed by atoms with Crippen LogP contribution in [0.2, 0.25) is 0 Å². The summed E-state index contributed by atoms with van der Waals surface area (Å²) in [5.74, 6) is 0.854. The Morgan fingerprint density at radius 3 is 2.88 bits per heavy atom. The first-order chi connectivity index (χ1) is 11.7. The molecular weight excluding hydrogens is 305 g/mol. The zero-order valence-electron chi connectivity index (χ0n) is 13.3. The Hall–Kier alpha value is -2.94. The van der Waals surface area contributed by atoms with E-state index in [1.165, 1.54) is 6.07 Å². The monoisotopic (exact) mass is 321 g/mol. The lowest BCUT2D eigenvalue weighted by Gasteiger charge is -2.24. The molecule has 1 aliphatic rings. The number of aryl methyl sites for hydroxylation is 1. The third-order valence-electron chi connectivity index (χ3n) is 4.38. The molecule has 5 nitrogen and oxygen atoms in total. The van der Waals surface area contributed by atoms with Gasteiger partial charge in [-0.25, -0.2) is 14.4 Å². The van der Waals surface area contributed by atoms with E-state index in [1.807, 2.05) is 28.7 Å². The molecule has 1 aliphatic carbocycles. The van der Waals surface area contributed by atoms with Gasteiger partial charge in [0.2, 0.25) is 0 Å². The van der Waals surface area contributed by atoms with Crippen LogP contribution in [0.1, 0.15) is 18.4 Å². The second-order valence-corrected chi connectivity index (χ2v) is 6.22. The second-order valence-electron chi connectivity index (χ2n) is 6.22. The summed E-state index contributed by atoms with van der Waals surface area (Å²) < 4.78 is 16.5. The molecule has 2 aromatic heterocycles. The van der Waals surface area contributed by atoms with E-state index in [2.05, 4.69) is 9.97 Å². The topological polar surface area (TPSA) is 57.7 Å². The largest absolute Gasteiger partial charge is 0.334 e. The molecule has 3 aromatic rings. The summed E-state index contributed by atoms with van der Waals surface area (Å²) in [5, 5.41) is 8.94. The molecule has 0 bridgehead atoms. The predicted molar refractivity (Wildman–Crippen MR) is 89.4 cm³/mol. The van der Waals surface area contributed by atoms with Gasteiger partial charge < -0.3 is 9.47 Å². The van der Waals surface area contributed by atoms with Crippen molar-refractivity contribution in [3.63, 3.8) is 0 Å². The lowest BCUT2D eigenvalue weighted by Crippen LogP contribution is -2.22. The maximum atomic E-state index is 14.5. The minimum atomic E-state index is -0.401. The van der Waals surface area contributed by atoms with Crippen molar-refractivity contribution in [3.05, 3.63) is 48.2 Å². The van der Waals surface area contributed by atoms with Gasteiger partial charge >= 0.3 is 0 Å². The molecule has 1 aromatic carbocycles. The molecule has 0 amide bonds. The summed E-state index contributed by atoms with van der Waals surface area (Å²) >= 11 is 0. The summed E-state index contributed by atoms with van der Waals surface area (Å²) in [6.45, 7) is 0.721. The average molecular weight is 321 g/mol. The van der Waals surface area contributed by atoms with E-state index in [4.69, 9.17) is 5.26 Å². The molecule has 4 rings (SSSR count). The number of aromatic nitrogens is 3. The molecule has 120 valence electrons. The van der Waals surface area contributed by atoms with Crippen LogP contribution < -0.4 is 4.90 Å². The molecule has 6 heteroatoms. The van der Waals surface area contributed by atoms with Crippen LogP contribution in [-0.2, 0) is 7.05 Å². The Balaban J connectivity index is 1.80. The fourth-order valence-electron chi connectivity index (χ4n) is 2.84. The van der Waals surface area contributed by atoms with Gasteiger partial charge in [0.1, 0.15) is 17.2 Å². The molecule has 0 N–H and O–H groups in total. The van der Waals surface area contributed by atoms with Gasteiger partial charge in [0, 0.05) is 19.7 Å². The van der Waals surface area contributed by atoms with Gasteiger partial charge in [0.25, 0.3) is 0 Å². The van der Waals surface area contributed by atoms with Crippen LogP contribution in [0.3, 0.4) is 0 Å². The van der Waals surface area contributed by atoms with Crippen LogP contribution in [0.25, 0.3) is 11.0 Å². The molecule has 0 unspecified atom stereocenters. The van der Waals surface area contributed by atoms with E-state index in [0.717, 1.165) is 30.4 Å². The summed E-state index contributed by atoms with van der Waals surface area (Å²) in [6.07, 6.45) is 5.76. The van der Waals surface area contributed by atoms with Crippen molar-refractivity contribution in [1.82, 2.24) is 14.5 Å². The minimum absolute atomic E-state index is 0.317. The number of anilines is 2. The van der Waals surface area contributed by atoms with Crippen LogP contribution in [0, 0.1) is 23.1 Å². The maximum absolute atomic E-state index is 14.5. The molecule has 1 fully saturated rings. The normalized spacial score (nSPS) is 13.9. The van der Waals surface area contributed by atoms with E-state index in [-0.39, 0.29) is 0 Å². The van der Waals surface area contributed by atoms with Gasteiger partial charge in [0.15, 0.2) is 0 Å². The number of imidazole rings is 1. The summed E-state index contributed by atoms with van der Waals surface area (Å²) in [6, 6.07) is 8.48. The highest BCUT2D eigenvalue weighted by atomic mass is 19.1. The van der Waals surface area contributed by atoms with Gasteiger partial charge in [-0.1, -0.05) is 0 Å². The van der Waals surface area contributed by atoms with Gasteiger partial charge in [-0.15, -0.1) is 0 Å². The molecule has 1 saturated carbocycles. The Labute approximate surface area is 139 Å². The number of hydrogen-bond donors (Lipinski definition) is 0. The number of pyridine rings is 1. The maximum Gasteiger partial charge on any atom is 0.148 e. The number of hydrogen-bond acceptors (Lipinski definition) is 4. The second kappa shape index (κ2) is 5.60. The van der Waals surface area contributed by atoms with Gasteiger partial charge in [-0.05, 0) is 37.0 Å². The lowest BCUT2D eigenvalue weighted by atomic mass is 10.2. The molecule has 24 heavy (non-hydrogen) atoms. The SMILES string of the molecule is Cn1cnc2cnc(N(CC3CC3)c3ccc(C#N)cc3F)cc21. The van der Waals surface area contributed by atoms with E-state index >= 15 is 0 Å². The highest BCUT2D eigenvalue weighted by molar-refractivity contribution is 5.79. The third-order valence-corrected chi connectivity index (χ3v) is 4.38. The number of fused-ring (bicyclic) bond motifs is 1. The van der Waals surface area contributed by atoms with Gasteiger partial charge in [0.05, 0.1) is 35.4 Å². The van der Waals surface area contributed by atoms with E-state index < -0.39 is 5.82 Å². The van der Waals surface area contributed by atoms with Crippen molar-refractivity contribution in [2.75, 3.05) is 11.4 Å². The Bertz CT molecular complexity index is 952. The molecular formula is C18H16FN5. The summed E-state index contributed by atoms with van der Waals surface area (Å²) in [4.78, 5) is 10.7. The molecule has 0 saturated heterocycles. The zero-order valence-corrected chi connectivity index (χ0v) is 13.3. The fraction of sp³-hybridized carbons (Fsp3) is 0.278. The third kappa shape index (κ3) is 2.58. The highest BCUT2D eigenvalue weighted by Crippen LogP contribution is 2.36. The lowest BCUT2D eigenvalue weighted by molar-refractivity contribution is 0.621. The van der Waals surface area contributed by atoms with Crippen LogP contribution in [0.5, 0.6) is 0 Å². The molecule has 0 atom stereocenters. The van der Waals surface area contributed by atoms with Crippen molar-refractivity contribution in [3.8, 4) is 6.07 Å². The number of rotatable bonds is 4. The first kappa shape index (κ1) is 14.6. The molecule has 0 radical (unpaired) electrons. The van der Waals surface area contributed by atoms with Crippen molar-refractivity contribution >= 4 is 22.5 Å². The number of halogens is 1. The van der Waals surface area contributed by atoms with Crippen molar-refractivity contribution < 1.29 is 4.39 Å². The van der Waals surface area contributed by atoms with Crippen LogP contribution in [0.4, 0.5) is 15.9 Å². The Morgan fingerprint density at radius 2 is 2.17 bits per heavy atom. The van der Waals surface area contributed by atoms with Crippen LogP contribution >= 0.6 is 0 Å². The summed E-state index contributed by atoms with van der Waals surface area (Å²) in [7, 11) is 1.92. The van der Waals surface area contributed by atoms with E-state index in [0.29, 0.717) is 23.0 Å². The standard InChI is InChI=1S/C18H16FN5/c1-23-11-22-15-9-21-18(7-17(15)23)24(10-12-2-3-12)16-5-4-13(8-20)6-14(16)19/h4-7,9,11-12H,2-3,10H2,1H3. The number of nitrogens with zero attached hydrogens (tertiary/aromatic N) is 5. The van der Waals surface area contributed by atoms with E-state index in [1.54, 1.807) is 24.7 Å². The molecule has 0 aliphatic heterocycles. The van der Waals surface area contributed by atoms with E-state index in [9.17, 15) is 4.39 Å². The smallest absolute Gasteiger partial charge is 0.148 e. The molecule has 2 heterocycles. The Kier molecular flexibility index (Phi) is 3.42. The number of benzene rings is 1. The Morgan fingerprint density at radius 1 is 1.33 bits per heavy atom. The van der Waals surface area contributed by atoms with Crippen LogP contribution in [0.15, 0.2) is 36.8 Å². The first-order valence-corrected chi connectivity index (χ1v) is 7.90. The fourth-order valence-corrected chi connectivity index (χ4v) is 2.84. The molecule has 0 spiro atoms. The van der Waals surface area contributed by atoms with Crippen LogP contribution in [-0.4, -0.2) is 21.1 Å². The van der Waals surface area contributed by atoms with Crippen molar-refractivity contribution in [2.45, 2.75) is 12.8 Å². The quantitative estimate of drug-likeness (QED) is 0.737. The minimum Gasteiger partial charge on any atom is -0.334 e. The van der Waals surface area contributed by atoms with Crippen molar-refractivity contribution in [1.29, 1.82) is 5.26 Å². The van der Waals surface area contributed by atoms with Gasteiger partial charge in [-0.3, -0.25) is 0 Å². The summed E-state index contributed by atoms with van der Waals surface area (Å²) in [5.41, 5.74) is 2.54. The average Bonchev–Trinajstić information content (AvgIpc) is 3.35. The van der Waals surface area contributed by atoms with Gasteiger partial charge in [-0.2, -0.15) is 5.26 Å². The zero-order chi connectivity index (χ0) is 16.7. The predicted octanol–water partition coefficient (Wildman–Crippen LogP) is 3.53. The first-order valence-electron chi connectivity index (χ1n) is 7.90.